The van der Waals surface area contributed by atoms with Crippen LogP contribution in [0.5, 0.6) is 0 Å². The summed E-state index contributed by atoms with van der Waals surface area (Å²) >= 11 is 6.19. The molecule has 29 heavy (non-hydrogen) atoms. The lowest BCUT2D eigenvalue weighted by Crippen LogP contribution is -2.48. The van der Waals surface area contributed by atoms with Crippen LogP contribution in [0.25, 0.3) is 0 Å². The Balaban J connectivity index is 2.31. The standard InChI is InChI=1S/C20H26ClN5O2S/c1-10-6-7-16-18(13(10)4)14(5)19(20(22)24-25-23)26(16)29(27,28)17-9-11(2)15(21)8-12(17)3/h6-9,14,19,25H,23H2,1-5H3,(H2,22,24). The zero-order valence-electron chi connectivity index (χ0n) is 17.1. The van der Waals surface area contributed by atoms with Gasteiger partial charge in [0, 0.05) is 10.9 Å². The molecule has 2 aromatic rings. The van der Waals surface area contributed by atoms with Gasteiger partial charge in [-0.15, -0.1) is 5.10 Å². The normalized spacial score (nSPS) is 19.4. The number of hydrogen-bond acceptors (Lipinski definition) is 5. The Hall–Kier alpha value is -2.29. The highest BCUT2D eigenvalue weighted by atomic mass is 35.5. The number of aryl methyl sites for hydroxylation is 3. The van der Waals surface area contributed by atoms with Gasteiger partial charge in [-0.2, -0.15) is 0 Å². The zero-order valence-corrected chi connectivity index (χ0v) is 18.7. The van der Waals surface area contributed by atoms with Crippen LogP contribution in [-0.2, 0) is 10.0 Å². The second-order valence-corrected chi connectivity index (χ2v) is 9.70. The Labute approximate surface area is 176 Å². The number of rotatable bonds is 4. The van der Waals surface area contributed by atoms with E-state index in [-0.39, 0.29) is 16.6 Å². The number of hydrogen-bond donors (Lipinski definition) is 3. The van der Waals surface area contributed by atoms with Crippen molar-refractivity contribution in [3.63, 3.8) is 0 Å². The van der Waals surface area contributed by atoms with Gasteiger partial charge in [-0.3, -0.25) is 4.31 Å². The Kier molecular flexibility index (Phi) is 5.55. The summed E-state index contributed by atoms with van der Waals surface area (Å²) in [4.78, 5) is 0.191. The van der Waals surface area contributed by atoms with Crippen molar-refractivity contribution in [1.82, 2.24) is 5.53 Å². The van der Waals surface area contributed by atoms with E-state index in [4.69, 9.17) is 23.2 Å². The summed E-state index contributed by atoms with van der Waals surface area (Å²) < 4.78 is 29.1. The van der Waals surface area contributed by atoms with E-state index in [1.165, 1.54) is 4.31 Å². The van der Waals surface area contributed by atoms with Crippen LogP contribution in [0.1, 0.15) is 40.7 Å². The molecule has 156 valence electrons. The van der Waals surface area contributed by atoms with Gasteiger partial charge in [0.05, 0.1) is 10.6 Å². The molecule has 0 radical (unpaired) electrons. The average Bonchev–Trinajstić information content (AvgIpc) is 2.95. The minimum Gasteiger partial charge on any atom is -0.384 e. The number of amidine groups is 1. The number of nitrogens with two attached hydrogens (primary N) is 2. The van der Waals surface area contributed by atoms with Crippen LogP contribution in [0.2, 0.25) is 5.02 Å². The van der Waals surface area contributed by atoms with E-state index in [2.05, 4.69) is 10.6 Å². The van der Waals surface area contributed by atoms with Gasteiger partial charge in [0.1, 0.15) is 11.9 Å². The van der Waals surface area contributed by atoms with Crippen LogP contribution in [0, 0.1) is 27.7 Å². The van der Waals surface area contributed by atoms with E-state index in [1.807, 2.05) is 32.9 Å². The number of sulfonamides is 1. The average molecular weight is 436 g/mol. The zero-order chi connectivity index (χ0) is 21.7. The van der Waals surface area contributed by atoms with Gasteiger partial charge in [-0.05, 0) is 73.7 Å². The van der Waals surface area contributed by atoms with Crippen LogP contribution in [-0.4, -0.2) is 20.3 Å². The lowest BCUT2D eigenvalue weighted by Gasteiger charge is -2.29. The first kappa shape index (κ1) is 21.4. The Morgan fingerprint density at radius 1 is 1.14 bits per heavy atom. The van der Waals surface area contributed by atoms with E-state index in [0.29, 0.717) is 21.8 Å². The van der Waals surface area contributed by atoms with Crippen LogP contribution in [0.4, 0.5) is 5.69 Å². The molecule has 1 aliphatic rings. The van der Waals surface area contributed by atoms with E-state index < -0.39 is 16.1 Å². The maximum Gasteiger partial charge on any atom is 0.265 e. The predicted octanol–water partition coefficient (Wildman–Crippen LogP) is 2.99. The lowest BCUT2D eigenvalue weighted by atomic mass is 9.91. The smallest absolute Gasteiger partial charge is 0.265 e. The van der Waals surface area contributed by atoms with Crippen LogP contribution in [0.3, 0.4) is 0 Å². The molecule has 0 saturated heterocycles. The van der Waals surface area contributed by atoms with Gasteiger partial charge in [-0.25, -0.2) is 19.8 Å². The van der Waals surface area contributed by atoms with Crippen LogP contribution < -0.4 is 21.4 Å². The Morgan fingerprint density at radius 3 is 2.41 bits per heavy atom. The number of hydrazine groups is 1. The maximum absolute atomic E-state index is 13.9. The molecule has 0 spiro atoms. The molecule has 0 bridgehead atoms. The summed E-state index contributed by atoms with van der Waals surface area (Å²) in [5.74, 6) is 5.22. The summed E-state index contributed by atoms with van der Waals surface area (Å²) in [5, 5.41) is 4.42. The van der Waals surface area contributed by atoms with Crippen molar-refractivity contribution < 1.29 is 8.42 Å². The van der Waals surface area contributed by atoms with Crippen molar-refractivity contribution >= 4 is 33.1 Å². The third-order valence-corrected chi connectivity index (χ3v) is 8.02. The molecule has 2 aromatic carbocycles. The summed E-state index contributed by atoms with van der Waals surface area (Å²) in [6.07, 6.45) is 0. The molecule has 2 unspecified atom stereocenters. The highest BCUT2D eigenvalue weighted by Gasteiger charge is 2.46. The molecule has 5 N–H and O–H groups in total. The topological polar surface area (TPSA) is 114 Å². The van der Waals surface area contributed by atoms with Crippen molar-refractivity contribution in [1.29, 1.82) is 0 Å². The van der Waals surface area contributed by atoms with Gasteiger partial charge in [-0.1, -0.05) is 24.6 Å². The van der Waals surface area contributed by atoms with E-state index >= 15 is 0 Å². The van der Waals surface area contributed by atoms with Crippen molar-refractivity contribution in [2.75, 3.05) is 4.31 Å². The van der Waals surface area contributed by atoms with E-state index in [0.717, 1.165) is 16.7 Å². The highest BCUT2D eigenvalue weighted by Crippen LogP contribution is 2.46. The molecule has 1 heterocycles. The lowest BCUT2D eigenvalue weighted by molar-refractivity contribution is 0.583. The first-order chi connectivity index (χ1) is 13.5. The number of fused-ring (bicyclic) bond motifs is 1. The van der Waals surface area contributed by atoms with Crippen LogP contribution in [0.15, 0.2) is 34.3 Å². The van der Waals surface area contributed by atoms with Crippen molar-refractivity contribution in [2.45, 2.75) is 51.5 Å². The highest BCUT2D eigenvalue weighted by molar-refractivity contribution is 7.93. The predicted molar refractivity (Wildman–Crippen MR) is 118 cm³/mol. The maximum atomic E-state index is 13.9. The second-order valence-electron chi connectivity index (χ2n) is 7.51. The number of hydrazone groups is 1. The number of anilines is 1. The van der Waals surface area contributed by atoms with E-state index in [9.17, 15) is 8.42 Å². The van der Waals surface area contributed by atoms with Gasteiger partial charge in [0.15, 0.2) is 0 Å². The summed E-state index contributed by atoms with van der Waals surface area (Å²) in [6.45, 7) is 9.45. The van der Waals surface area contributed by atoms with Crippen LogP contribution >= 0.6 is 11.6 Å². The Bertz CT molecular complexity index is 1110. The summed E-state index contributed by atoms with van der Waals surface area (Å²) in [7, 11) is -3.95. The minimum absolute atomic E-state index is 0.0974. The second kappa shape index (κ2) is 7.51. The molecule has 2 atom stereocenters. The molecule has 7 nitrogen and oxygen atoms in total. The molecule has 0 aromatic heterocycles. The third-order valence-electron chi connectivity index (χ3n) is 5.67. The monoisotopic (exact) mass is 435 g/mol. The van der Waals surface area contributed by atoms with E-state index in [1.54, 1.807) is 26.0 Å². The van der Waals surface area contributed by atoms with Gasteiger partial charge in [0.25, 0.3) is 10.0 Å². The fourth-order valence-corrected chi connectivity index (χ4v) is 6.26. The molecule has 0 amide bonds. The van der Waals surface area contributed by atoms with Crippen molar-refractivity contribution in [2.24, 2.45) is 16.7 Å². The van der Waals surface area contributed by atoms with Gasteiger partial charge < -0.3 is 5.73 Å². The quantitative estimate of drug-likeness (QED) is 0.295. The fraction of sp³-hybridized carbons (Fsp3) is 0.350. The fourth-order valence-electron chi connectivity index (χ4n) is 4.04. The van der Waals surface area contributed by atoms with Gasteiger partial charge in [0.2, 0.25) is 0 Å². The molecule has 0 aliphatic carbocycles. The largest absolute Gasteiger partial charge is 0.384 e. The Morgan fingerprint density at radius 2 is 1.79 bits per heavy atom. The van der Waals surface area contributed by atoms with Gasteiger partial charge >= 0.3 is 0 Å². The molecule has 9 heteroatoms. The van der Waals surface area contributed by atoms with Crippen molar-refractivity contribution in [3.05, 3.63) is 57.1 Å². The minimum atomic E-state index is -3.95. The first-order valence-electron chi connectivity index (χ1n) is 9.22. The molecule has 0 fully saturated rings. The SMILES string of the molecule is Cc1cc(S(=O)(=O)N2c3ccc(C)c(C)c3C(C)C2/C(N)=N/NN)c(C)cc1Cl. The number of benzene rings is 2. The molecular weight excluding hydrogens is 410 g/mol. The van der Waals surface area contributed by atoms with Crippen molar-refractivity contribution in [3.8, 4) is 0 Å². The first-order valence-corrected chi connectivity index (χ1v) is 11.0. The molecule has 3 rings (SSSR count). The molecule has 1 aliphatic heterocycles. The number of nitrogens with zero attached hydrogens (tertiary/aromatic N) is 2. The molecule has 0 saturated carbocycles. The molecular formula is C20H26ClN5O2S. The third kappa shape index (κ3) is 3.35. The summed E-state index contributed by atoms with van der Waals surface area (Å²) in [6, 6.07) is 6.30. The number of nitrogens with one attached hydrogen (secondary N) is 1. The number of halogens is 1. The summed E-state index contributed by atoms with van der Waals surface area (Å²) in [5.41, 5.74) is 13.3.